The number of ketones is 1. The van der Waals surface area contributed by atoms with Gasteiger partial charge in [-0.1, -0.05) is 55.8 Å². The van der Waals surface area contributed by atoms with E-state index in [-0.39, 0.29) is 5.92 Å². The van der Waals surface area contributed by atoms with Gasteiger partial charge in [-0.05, 0) is 36.1 Å². The van der Waals surface area contributed by atoms with E-state index in [9.17, 15) is 4.79 Å². The maximum absolute atomic E-state index is 12.6. The summed E-state index contributed by atoms with van der Waals surface area (Å²) in [6.07, 6.45) is 3.30. The first kappa shape index (κ1) is 16.0. The van der Waals surface area contributed by atoms with Crippen LogP contribution in [0, 0.1) is 11.3 Å². The summed E-state index contributed by atoms with van der Waals surface area (Å²) in [5, 5.41) is 8.87. The Morgan fingerprint density at radius 3 is 2.36 bits per heavy atom. The number of unbranched alkanes of at least 4 members (excludes halogenated alkanes) is 1. The summed E-state index contributed by atoms with van der Waals surface area (Å²) in [5.74, 6) is 0.207. The molecule has 0 heterocycles. The molecular weight excluding hydrogens is 270 g/mol. The number of hydrogen-bond donors (Lipinski definition) is 0. The SMILES string of the molecule is CCCCC(=O)C(Cc1ccc(C#N)cc1)c1ccccc1. The minimum atomic E-state index is -0.0966. The normalized spacial score (nSPS) is 11.6. The van der Waals surface area contributed by atoms with E-state index in [4.69, 9.17) is 5.26 Å². The zero-order valence-corrected chi connectivity index (χ0v) is 13.0. The lowest BCUT2D eigenvalue weighted by molar-refractivity contribution is -0.120. The molecule has 112 valence electrons. The molecule has 2 nitrogen and oxygen atoms in total. The van der Waals surface area contributed by atoms with E-state index in [2.05, 4.69) is 13.0 Å². The van der Waals surface area contributed by atoms with Crippen molar-refractivity contribution in [2.45, 2.75) is 38.5 Å². The molecule has 1 atom stereocenters. The quantitative estimate of drug-likeness (QED) is 0.745. The van der Waals surface area contributed by atoms with Gasteiger partial charge in [-0.25, -0.2) is 0 Å². The van der Waals surface area contributed by atoms with Gasteiger partial charge in [0.05, 0.1) is 11.6 Å². The highest BCUT2D eigenvalue weighted by molar-refractivity contribution is 5.86. The van der Waals surface area contributed by atoms with Gasteiger partial charge in [0, 0.05) is 12.3 Å². The maximum Gasteiger partial charge on any atom is 0.140 e. The Hall–Kier alpha value is -2.40. The second-order valence-electron chi connectivity index (χ2n) is 5.55. The van der Waals surface area contributed by atoms with Gasteiger partial charge in [0.2, 0.25) is 0 Å². The highest BCUT2D eigenvalue weighted by Gasteiger charge is 2.20. The predicted octanol–water partition coefficient (Wildman–Crippen LogP) is 4.64. The van der Waals surface area contributed by atoms with Crippen LogP contribution in [-0.2, 0) is 11.2 Å². The van der Waals surface area contributed by atoms with Gasteiger partial charge in [-0.3, -0.25) is 4.79 Å². The zero-order chi connectivity index (χ0) is 15.8. The molecule has 22 heavy (non-hydrogen) atoms. The minimum Gasteiger partial charge on any atom is -0.299 e. The van der Waals surface area contributed by atoms with Gasteiger partial charge < -0.3 is 0 Å². The first-order valence-electron chi connectivity index (χ1n) is 7.81. The van der Waals surface area contributed by atoms with E-state index in [1.165, 1.54) is 0 Å². The lowest BCUT2D eigenvalue weighted by Gasteiger charge is -2.16. The van der Waals surface area contributed by atoms with Crippen molar-refractivity contribution in [2.24, 2.45) is 0 Å². The van der Waals surface area contributed by atoms with Crippen molar-refractivity contribution in [3.63, 3.8) is 0 Å². The highest BCUT2D eigenvalue weighted by Crippen LogP contribution is 2.24. The van der Waals surface area contributed by atoms with Crippen LogP contribution in [0.5, 0.6) is 0 Å². The Kier molecular flexibility index (Phi) is 5.91. The molecule has 0 aromatic heterocycles. The Bertz CT molecular complexity index is 638. The Morgan fingerprint density at radius 2 is 1.77 bits per heavy atom. The molecule has 0 bridgehead atoms. The summed E-state index contributed by atoms with van der Waals surface area (Å²) in [7, 11) is 0. The van der Waals surface area contributed by atoms with Gasteiger partial charge in [-0.2, -0.15) is 5.26 Å². The molecule has 2 aromatic rings. The van der Waals surface area contributed by atoms with E-state index >= 15 is 0 Å². The van der Waals surface area contributed by atoms with Gasteiger partial charge in [0.1, 0.15) is 5.78 Å². The molecule has 2 heteroatoms. The molecule has 1 unspecified atom stereocenters. The van der Waals surface area contributed by atoms with E-state index in [1.807, 2.05) is 54.6 Å². The molecule has 0 saturated carbocycles. The van der Waals surface area contributed by atoms with Gasteiger partial charge in [0.15, 0.2) is 0 Å². The first-order chi connectivity index (χ1) is 10.7. The molecule has 0 aliphatic rings. The van der Waals surface area contributed by atoms with E-state index in [0.717, 1.165) is 24.0 Å². The summed E-state index contributed by atoms with van der Waals surface area (Å²) >= 11 is 0. The van der Waals surface area contributed by atoms with Crippen molar-refractivity contribution in [1.82, 2.24) is 0 Å². The number of benzene rings is 2. The fourth-order valence-corrected chi connectivity index (χ4v) is 2.58. The van der Waals surface area contributed by atoms with E-state index in [0.29, 0.717) is 24.2 Å². The maximum atomic E-state index is 12.6. The largest absolute Gasteiger partial charge is 0.299 e. The van der Waals surface area contributed by atoms with Gasteiger partial charge in [-0.15, -0.1) is 0 Å². The topological polar surface area (TPSA) is 40.9 Å². The van der Waals surface area contributed by atoms with Crippen molar-refractivity contribution >= 4 is 5.78 Å². The number of Topliss-reactive ketones (excluding diaryl/α,β-unsaturated/α-hetero) is 1. The zero-order valence-electron chi connectivity index (χ0n) is 13.0. The van der Waals surface area contributed by atoms with Crippen LogP contribution < -0.4 is 0 Å². The average Bonchev–Trinajstić information content (AvgIpc) is 2.59. The molecule has 2 rings (SSSR count). The molecule has 0 aliphatic heterocycles. The first-order valence-corrected chi connectivity index (χ1v) is 7.81. The minimum absolute atomic E-state index is 0.0966. The fourth-order valence-electron chi connectivity index (χ4n) is 2.58. The van der Waals surface area contributed by atoms with E-state index < -0.39 is 0 Å². The van der Waals surface area contributed by atoms with Crippen molar-refractivity contribution in [3.05, 3.63) is 71.3 Å². The monoisotopic (exact) mass is 291 g/mol. The Morgan fingerprint density at radius 1 is 1.09 bits per heavy atom. The average molecular weight is 291 g/mol. The van der Waals surface area contributed by atoms with Crippen molar-refractivity contribution < 1.29 is 4.79 Å². The predicted molar refractivity (Wildman–Crippen MR) is 88.6 cm³/mol. The third kappa shape index (κ3) is 4.30. The summed E-state index contributed by atoms with van der Waals surface area (Å²) in [6.45, 7) is 2.10. The Balaban J connectivity index is 2.20. The summed E-state index contributed by atoms with van der Waals surface area (Å²) < 4.78 is 0. The van der Waals surface area contributed by atoms with E-state index in [1.54, 1.807) is 0 Å². The van der Waals surface area contributed by atoms with Crippen molar-refractivity contribution in [3.8, 4) is 6.07 Å². The van der Waals surface area contributed by atoms with Crippen LogP contribution in [0.2, 0.25) is 0 Å². The third-order valence-electron chi connectivity index (χ3n) is 3.89. The van der Waals surface area contributed by atoms with Crippen LogP contribution in [0.3, 0.4) is 0 Å². The van der Waals surface area contributed by atoms with Crippen LogP contribution in [-0.4, -0.2) is 5.78 Å². The standard InChI is InChI=1S/C20H21NO/c1-2-3-9-20(22)19(18-7-5-4-6-8-18)14-16-10-12-17(15-21)13-11-16/h4-8,10-13,19H,2-3,9,14H2,1H3. The van der Waals surface area contributed by atoms with Crippen LogP contribution >= 0.6 is 0 Å². The number of carbonyl (C=O) groups excluding carboxylic acids is 1. The lowest BCUT2D eigenvalue weighted by Crippen LogP contribution is -2.15. The number of hydrogen-bond acceptors (Lipinski definition) is 2. The molecule has 2 aromatic carbocycles. The molecule has 0 spiro atoms. The van der Waals surface area contributed by atoms with Crippen molar-refractivity contribution in [1.29, 1.82) is 5.26 Å². The van der Waals surface area contributed by atoms with Gasteiger partial charge >= 0.3 is 0 Å². The number of nitrogens with zero attached hydrogens (tertiary/aromatic N) is 1. The lowest BCUT2D eigenvalue weighted by atomic mass is 9.86. The summed E-state index contributed by atoms with van der Waals surface area (Å²) in [5.41, 5.74) is 2.82. The second kappa shape index (κ2) is 8.14. The van der Waals surface area contributed by atoms with Crippen LogP contribution in [0.15, 0.2) is 54.6 Å². The molecule has 0 N–H and O–H groups in total. The summed E-state index contributed by atoms with van der Waals surface area (Å²) in [6, 6.07) is 19.6. The molecule has 0 saturated heterocycles. The molecule has 0 amide bonds. The summed E-state index contributed by atoms with van der Waals surface area (Å²) in [4.78, 5) is 12.6. The Labute approximate surface area is 132 Å². The molecule has 0 aliphatic carbocycles. The highest BCUT2D eigenvalue weighted by atomic mass is 16.1. The molecule has 0 radical (unpaired) electrons. The molecule has 0 fully saturated rings. The van der Waals surface area contributed by atoms with Crippen molar-refractivity contribution in [2.75, 3.05) is 0 Å². The molecular formula is C20H21NO. The fraction of sp³-hybridized carbons (Fsp3) is 0.300. The van der Waals surface area contributed by atoms with Gasteiger partial charge in [0.25, 0.3) is 0 Å². The third-order valence-corrected chi connectivity index (χ3v) is 3.89. The van der Waals surface area contributed by atoms with Crippen LogP contribution in [0.4, 0.5) is 0 Å². The number of rotatable bonds is 7. The van der Waals surface area contributed by atoms with Crippen LogP contribution in [0.1, 0.15) is 48.8 Å². The second-order valence-corrected chi connectivity index (χ2v) is 5.55. The number of carbonyl (C=O) groups is 1. The smallest absolute Gasteiger partial charge is 0.140 e. The van der Waals surface area contributed by atoms with Crippen LogP contribution in [0.25, 0.3) is 0 Å². The number of nitriles is 1.